The normalized spacial score (nSPS) is 15.8. The monoisotopic (exact) mass is 377 g/mol. The Kier molecular flexibility index (Phi) is 4.61. The Morgan fingerprint density at radius 1 is 1.16 bits per heavy atom. The number of oxime groups is 1. The molecule has 3 rings (SSSR count). The van der Waals surface area contributed by atoms with E-state index in [1.807, 2.05) is 0 Å². The average molecular weight is 378 g/mol. The summed E-state index contributed by atoms with van der Waals surface area (Å²) in [7, 11) is -3.99. The molecule has 0 aliphatic carbocycles. The third-order valence-corrected chi connectivity index (χ3v) is 4.87. The van der Waals surface area contributed by atoms with E-state index in [1.54, 1.807) is 25.1 Å². The summed E-state index contributed by atoms with van der Waals surface area (Å²) in [5.74, 6) is -0.442. The van der Waals surface area contributed by atoms with Gasteiger partial charge < -0.3 is 9.02 Å². The molecular formula is C17H12ClNO5S. The summed E-state index contributed by atoms with van der Waals surface area (Å²) < 4.78 is 29.7. The molecule has 0 fully saturated rings. The molecule has 128 valence electrons. The summed E-state index contributed by atoms with van der Waals surface area (Å²) in [6, 6.07) is 12.0. The van der Waals surface area contributed by atoms with Crippen LogP contribution in [0.25, 0.3) is 6.08 Å². The standard InChI is InChI=1S/C17H12ClNO5S/c1-11-16(17(20)23-19-11)10-12-3-2-4-14(9-12)24-25(21,22)15-7-5-13(18)6-8-15/h2-10H,1H3/b16-10+. The minimum absolute atomic E-state index is 0.0111. The molecule has 25 heavy (non-hydrogen) atoms. The number of carbonyl (C=O) groups is 1. The number of nitrogens with zero attached hydrogens (tertiary/aromatic N) is 1. The Balaban J connectivity index is 1.87. The first-order valence-electron chi connectivity index (χ1n) is 7.13. The van der Waals surface area contributed by atoms with Crippen LogP contribution in [0.15, 0.2) is 64.2 Å². The number of halogens is 1. The topological polar surface area (TPSA) is 82.0 Å². The van der Waals surface area contributed by atoms with Gasteiger partial charge >= 0.3 is 16.1 Å². The first kappa shape index (κ1) is 17.2. The number of hydrogen-bond acceptors (Lipinski definition) is 6. The van der Waals surface area contributed by atoms with Crippen molar-refractivity contribution in [2.75, 3.05) is 0 Å². The van der Waals surface area contributed by atoms with Gasteiger partial charge in [-0.2, -0.15) is 8.42 Å². The smallest absolute Gasteiger partial charge is 0.367 e. The summed E-state index contributed by atoms with van der Waals surface area (Å²) in [6.45, 7) is 1.64. The zero-order valence-corrected chi connectivity index (χ0v) is 14.5. The largest absolute Gasteiger partial charge is 0.379 e. The first-order valence-corrected chi connectivity index (χ1v) is 8.92. The molecular weight excluding hydrogens is 366 g/mol. The van der Waals surface area contributed by atoms with E-state index in [-0.39, 0.29) is 10.6 Å². The minimum Gasteiger partial charge on any atom is -0.379 e. The third kappa shape index (κ3) is 3.89. The van der Waals surface area contributed by atoms with E-state index in [0.717, 1.165) is 0 Å². The molecule has 0 N–H and O–H groups in total. The van der Waals surface area contributed by atoms with Gasteiger partial charge in [0.25, 0.3) is 0 Å². The lowest BCUT2D eigenvalue weighted by atomic mass is 10.1. The lowest BCUT2D eigenvalue weighted by Gasteiger charge is -2.08. The van der Waals surface area contributed by atoms with Gasteiger partial charge in [0.05, 0.1) is 11.3 Å². The van der Waals surface area contributed by atoms with Crippen molar-refractivity contribution in [3.8, 4) is 5.75 Å². The van der Waals surface area contributed by atoms with Gasteiger partial charge in [-0.05, 0) is 55.0 Å². The molecule has 0 atom stereocenters. The van der Waals surface area contributed by atoms with Crippen LogP contribution >= 0.6 is 11.6 Å². The highest BCUT2D eigenvalue weighted by atomic mass is 35.5. The van der Waals surface area contributed by atoms with Crippen molar-refractivity contribution in [3.05, 3.63) is 64.7 Å². The van der Waals surface area contributed by atoms with Crippen molar-refractivity contribution >= 4 is 39.5 Å². The van der Waals surface area contributed by atoms with Crippen LogP contribution in [0.3, 0.4) is 0 Å². The van der Waals surface area contributed by atoms with E-state index in [1.165, 1.54) is 36.4 Å². The summed E-state index contributed by atoms with van der Waals surface area (Å²) >= 11 is 5.76. The highest BCUT2D eigenvalue weighted by Gasteiger charge is 2.22. The molecule has 0 saturated carbocycles. The molecule has 0 saturated heterocycles. The van der Waals surface area contributed by atoms with Crippen molar-refractivity contribution in [2.24, 2.45) is 5.16 Å². The van der Waals surface area contributed by atoms with Gasteiger partial charge in [-0.1, -0.05) is 28.9 Å². The van der Waals surface area contributed by atoms with Crippen molar-refractivity contribution in [2.45, 2.75) is 11.8 Å². The third-order valence-electron chi connectivity index (χ3n) is 3.35. The maximum absolute atomic E-state index is 12.3. The number of carbonyl (C=O) groups excluding carboxylic acids is 1. The fraction of sp³-hybridized carbons (Fsp3) is 0.0588. The fourth-order valence-corrected chi connectivity index (χ4v) is 3.17. The van der Waals surface area contributed by atoms with E-state index >= 15 is 0 Å². The van der Waals surface area contributed by atoms with Crippen LogP contribution in [0.4, 0.5) is 0 Å². The van der Waals surface area contributed by atoms with Crippen LogP contribution in [0, 0.1) is 0 Å². The minimum atomic E-state index is -3.99. The molecule has 2 aromatic carbocycles. The van der Waals surface area contributed by atoms with Crippen LogP contribution < -0.4 is 4.18 Å². The zero-order chi connectivity index (χ0) is 18.0. The highest BCUT2D eigenvalue weighted by Crippen LogP contribution is 2.23. The molecule has 0 radical (unpaired) electrons. The summed E-state index contributed by atoms with van der Waals surface area (Å²) in [5.41, 5.74) is 1.33. The van der Waals surface area contributed by atoms with E-state index < -0.39 is 16.1 Å². The molecule has 0 unspecified atom stereocenters. The Morgan fingerprint density at radius 3 is 2.52 bits per heavy atom. The molecule has 0 aromatic heterocycles. The van der Waals surface area contributed by atoms with Gasteiger partial charge in [0.2, 0.25) is 0 Å². The second kappa shape index (κ2) is 6.70. The fourth-order valence-electron chi connectivity index (χ4n) is 2.12. The van der Waals surface area contributed by atoms with E-state index in [9.17, 15) is 13.2 Å². The van der Waals surface area contributed by atoms with Gasteiger partial charge in [-0.3, -0.25) is 0 Å². The highest BCUT2D eigenvalue weighted by molar-refractivity contribution is 7.87. The maximum atomic E-state index is 12.3. The van der Waals surface area contributed by atoms with Gasteiger partial charge in [0.1, 0.15) is 10.6 Å². The second-order valence-corrected chi connectivity index (χ2v) is 7.16. The number of hydrogen-bond donors (Lipinski definition) is 0. The Morgan fingerprint density at radius 2 is 1.88 bits per heavy atom. The first-order chi connectivity index (χ1) is 11.8. The van der Waals surface area contributed by atoms with Crippen molar-refractivity contribution < 1.29 is 22.2 Å². The molecule has 0 amide bonds. The summed E-state index contributed by atoms with van der Waals surface area (Å²) in [5, 5.41) is 4.01. The molecule has 1 aliphatic rings. The Labute approximate surface area is 149 Å². The lowest BCUT2D eigenvalue weighted by molar-refractivity contribution is -0.136. The van der Waals surface area contributed by atoms with Crippen molar-refractivity contribution in [1.29, 1.82) is 0 Å². The Hall–Kier alpha value is -2.64. The molecule has 6 nitrogen and oxygen atoms in total. The number of rotatable bonds is 4. The SMILES string of the molecule is CC1=NOC(=O)/C1=C/c1cccc(OS(=O)(=O)c2ccc(Cl)cc2)c1. The molecule has 0 bridgehead atoms. The Bertz CT molecular complexity index is 994. The van der Waals surface area contributed by atoms with Crippen LogP contribution in [0.2, 0.25) is 5.02 Å². The average Bonchev–Trinajstić information content (AvgIpc) is 2.87. The molecule has 1 aliphatic heterocycles. The van der Waals surface area contributed by atoms with E-state index in [0.29, 0.717) is 21.9 Å². The number of benzene rings is 2. The quantitative estimate of drug-likeness (QED) is 0.463. The van der Waals surface area contributed by atoms with Crippen LogP contribution in [-0.4, -0.2) is 20.1 Å². The zero-order valence-electron chi connectivity index (χ0n) is 13.0. The van der Waals surface area contributed by atoms with Gasteiger partial charge in [0.15, 0.2) is 0 Å². The van der Waals surface area contributed by atoms with Crippen molar-refractivity contribution in [3.63, 3.8) is 0 Å². The van der Waals surface area contributed by atoms with Crippen LogP contribution in [-0.2, 0) is 19.8 Å². The maximum Gasteiger partial charge on any atom is 0.367 e. The van der Waals surface area contributed by atoms with Crippen molar-refractivity contribution in [1.82, 2.24) is 0 Å². The van der Waals surface area contributed by atoms with Crippen LogP contribution in [0.5, 0.6) is 5.75 Å². The second-order valence-electron chi connectivity index (χ2n) is 5.18. The summed E-state index contributed by atoms with van der Waals surface area (Å²) in [6.07, 6.45) is 1.55. The molecule has 8 heteroatoms. The predicted octanol–water partition coefficient (Wildman–Crippen LogP) is 3.42. The van der Waals surface area contributed by atoms with E-state index in [2.05, 4.69) is 9.99 Å². The molecule has 1 heterocycles. The predicted molar refractivity (Wildman–Crippen MR) is 92.9 cm³/mol. The van der Waals surface area contributed by atoms with Crippen LogP contribution in [0.1, 0.15) is 12.5 Å². The lowest BCUT2D eigenvalue weighted by Crippen LogP contribution is -2.09. The van der Waals surface area contributed by atoms with Gasteiger partial charge in [0, 0.05) is 5.02 Å². The van der Waals surface area contributed by atoms with Gasteiger partial charge in [-0.25, -0.2) is 4.79 Å². The van der Waals surface area contributed by atoms with Gasteiger partial charge in [-0.15, -0.1) is 0 Å². The van der Waals surface area contributed by atoms with E-state index in [4.69, 9.17) is 15.8 Å². The summed E-state index contributed by atoms with van der Waals surface area (Å²) in [4.78, 5) is 16.1. The molecule has 0 spiro atoms. The molecule has 2 aromatic rings.